The minimum absolute atomic E-state index is 0. The van der Waals surface area contributed by atoms with E-state index in [-0.39, 0.29) is 37.3 Å². The number of guanidine groups is 1. The number of likely N-dealkylation sites (N-methyl/N-ethyl adjacent to an activating group) is 1. The largest absolute Gasteiger partial charge is 0.480 e. The summed E-state index contributed by atoms with van der Waals surface area (Å²) in [6.45, 7) is -0.227. The highest BCUT2D eigenvalue weighted by molar-refractivity contribution is 5.85. The third-order valence-corrected chi connectivity index (χ3v) is 0.784. The van der Waals surface area contributed by atoms with E-state index in [4.69, 9.17) is 16.2 Å². The Kier molecular flexibility index (Phi) is 11.3. The molecule has 0 aromatic heterocycles. The molecule has 0 aliphatic heterocycles. The Labute approximate surface area is 76.9 Å². The molecule has 0 bridgehead atoms. The van der Waals surface area contributed by atoms with E-state index >= 15 is 0 Å². The van der Waals surface area contributed by atoms with Crippen LogP contribution in [-0.2, 0) is 4.79 Å². The lowest BCUT2D eigenvalue weighted by Crippen LogP contribution is -2.36. The van der Waals surface area contributed by atoms with Crippen molar-refractivity contribution in [3.05, 3.63) is 0 Å². The lowest BCUT2D eigenvalue weighted by Gasteiger charge is -2.12. The lowest BCUT2D eigenvalue weighted by molar-refractivity contribution is -0.137. The summed E-state index contributed by atoms with van der Waals surface area (Å²) in [6, 6.07) is 0. The number of nitrogens with zero attached hydrogens (tertiary/aromatic N) is 1. The van der Waals surface area contributed by atoms with Crippen molar-refractivity contribution in [2.75, 3.05) is 13.6 Å². The summed E-state index contributed by atoms with van der Waals surface area (Å²) in [5.41, 5.74) is 4.93. The van der Waals surface area contributed by atoms with Gasteiger partial charge in [0.25, 0.3) is 0 Å². The van der Waals surface area contributed by atoms with Gasteiger partial charge in [0.1, 0.15) is 6.54 Å². The number of carboxylic acids is 1. The van der Waals surface area contributed by atoms with Crippen LogP contribution in [0.1, 0.15) is 0 Å². The first-order chi connectivity index (χ1) is 4.04. The van der Waals surface area contributed by atoms with Crippen LogP contribution in [0.2, 0.25) is 0 Å². The predicted molar refractivity (Wildman–Crippen MR) is 46.7 cm³/mol. The summed E-state index contributed by atoms with van der Waals surface area (Å²) in [4.78, 5) is 11.0. The normalized spacial score (nSPS) is 7.00. The van der Waals surface area contributed by atoms with Gasteiger partial charge in [0.15, 0.2) is 5.96 Å². The van der Waals surface area contributed by atoms with Crippen LogP contribution in [0.3, 0.4) is 0 Å². The van der Waals surface area contributed by atoms with E-state index in [1.54, 1.807) is 0 Å². The summed E-state index contributed by atoms with van der Waals surface area (Å²) in [5, 5.41) is 14.9. The Hall–Kier alpha value is -0.680. The Bertz CT molecular complexity index is 141. The molecule has 0 aliphatic carbocycles. The third-order valence-electron chi connectivity index (χ3n) is 0.784. The molecule has 0 aliphatic rings. The van der Waals surface area contributed by atoms with Crippen molar-refractivity contribution < 1.29 is 9.90 Å². The maximum atomic E-state index is 9.92. The number of nitrogens with two attached hydrogens (primary N) is 1. The highest BCUT2D eigenvalue weighted by atomic mass is 35.5. The highest BCUT2D eigenvalue weighted by Gasteiger charge is 2.03. The number of rotatable bonds is 2. The highest BCUT2D eigenvalue weighted by Crippen LogP contribution is 1.76. The van der Waals surface area contributed by atoms with Gasteiger partial charge in [0, 0.05) is 7.05 Å². The molecule has 0 saturated heterocycles. The number of hydrogen-bond donors (Lipinski definition) is 3. The van der Waals surface area contributed by atoms with Crippen LogP contribution in [0.25, 0.3) is 0 Å². The summed E-state index contributed by atoms with van der Waals surface area (Å²) in [5.74, 6) is -1.23. The maximum Gasteiger partial charge on any atom is 0.323 e. The number of nitrogens with one attached hydrogen (secondary N) is 1. The molecule has 7 heteroatoms. The molecule has 4 N–H and O–H groups in total. The number of aliphatic carboxylic acids is 1. The first-order valence-corrected chi connectivity index (χ1v) is 2.31. The van der Waals surface area contributed by atoms with E-state index in [0.29, 0.717) is 0 Å². The van der Waals surface area contributed by atoms with Crippen molar-refractivity contribution in [1.29, 1.82) is 5.41 Å². The smallest absolute Gasteiger partial charge is 0.323 e. The van der Waals surface area contributed by atoms with Gasteiger partial charge in [-0.25, -0.2) is 0 Å². The average molecular weight is 204 g/mol. The SMILES string of the molecule is CN(CC(=O)O)C(=N)N.Cl.Cl. The fourth-order valence-corrected chi connectivity index (χ4v) is 0.288. The first kappa shape index (κ1) is 16.7. The van der Waals surface area contributed by atoms with Crippen LogP contribution in [0, 0.1) is 5.41 Å². The van der Waals surface area contributed by atoms with Crippen LogP contribution in [-0.4, -0.2) is 35.5 Å². The molecule has 0 radical (unpaired) electrons. The molecule has 11 heavy (non-hydrogen) atoms. The van der Waals surface area contributed by atoms with Gasteiger partial charge in [-0.05, 0) is 0 Å². The first-order valence-electron chi connectivity index (χ1n) is 2.31. The number of carbonyl (C=O) groups is 1. The second-order valence-corrected chi connectivity index (χ2v) is 1.64. The van der Waals surface area contributed by atoms with Crippen molar-refractivity contribution in [3.8, 4) is 0 Å². The molecule has 0 heterocycles. The minimum Gasteiger partial charge on any atom is -0.480 e. The van der Waals surface area contributed by atoms with Crippen LogP contribution < -0.4 is 5.73 Å². The molecule has 68 valence electrons. The van der Waals surface area contributed by atoms with Crippen molar-refractivity contribution in [2.24, 2.45) is 5.73 Å². The zero-order valence-electron chi connectivity index (χ0n) is 5.90. The van der Waals surface area contributed by atoms with Crippen molar-refractivity contribution in [1.82, 2.24) is 4.90 Å². The third kappa shape index (κ3) is 9.32. The number of hydrogen-bond acceptors (Lipinski definition) is 2. The Morgan fingerprint density at radius 3 is 2.09 bits per heavy atom. The zero-order valence-corrected chi connectivity index (χ0v) is 7.54. The molecular weight excluding hydrogens is 193 g/mol. The Morgan fingerprint density at radius 2 is 2.00 bits per heavy atom. The van der Waals surface area contributed by atoms with Gasteiger partial charge in [0.05, 0.1) is 0 Å². The van der Waals surface area contributed by atoms with Crippen LogP contribution in [0.15, 0.2) is 0 Å². The molecule has 0 aromatic carbocycles. The Balaban J connectivity index is -0.000000320. The standard InChI is InChI=1S/C4H9N3O2.2ClH/c1-7(4(5)6)2-3(8)9;;/h2H2,1H3,(H3,5,6)(H,8,9);2*1H. The van der Waals surface area contributed by atoms with E-state index in [1.165, 1.54) is 7.05 Å². The summed E-state index contributed by atoms with van der Waals surface area (Å²) in [6.07, 6.45) is 0. The number of carboxylic acid groups (broad SMARTS) is 1. The van der Waals surface area contributed by atoms with Crippen molar-refractivity contribution in [3.63, 3.8) is 0 Å². The van der Waals surface area contributed by atoms with Gasteiger partial charge < -0.3 is 15.7 Å². The summed E-state index contributed by atoms with van der Waals surface area (Å²) >= 11 is 0. The van der Waals surface area contributed by atoms with Crippen molar-refractivity contribution in [2.45, 2.75) is 0 Å². The summed E-state index contributed by atoms with van der Waals surface area (Å²) < 4.78 is 0. The van der Waals surface area contributed by atoms with Gasteiger partial charge in [-0.2, -0.15) is 0 Å². The fraction of sp³-hybridized carbons (Fsp3) is 0.500. The average Bonchev–Trinajstić information content (AvgIpc) is 1.63. The zero-order chi connectivity index (χ0) is 7.44. The van der Waals surface area contributed by atoms with Crippen molar-refractivity contribution >= 4 is 36.7 Å². The second kappa shape index (κ2) is 7.43. The summed E-state index contributed by atoms with van der Waals surface area (Å²) in [7, 11) is 1.44. The molecule has 5 nitrogen and oxygen atoms in total. The van der Waals surface area contributed by atoms with E-state index in [2.05, 4.69) is 0 Å². The topological polar surface area (TPSA) is 90.4 Å². The molecule has 0 amide bonds. The van der Waals surface area contributed by atoms with Gasteiger partial charge in [-0.15, -0.1) is 24.8 Å². The van der Waals surface area contributed by atoms with E-state index in [9.17, 15) is 4.79 Å². The minimum atomic E-state index is -0.993. The molecular formula is C4H11Cl2N3O2. The van der Waals surface area contributed by atoms with Crippen LogP contribution in [0.5, 0.6) is 0 Å². The quantitative estimate of drug-likeness (QED) is 0.427. The molecule has 0 fully saturated rings. The predicted octanol–water partition coefficient (Wildman–Crippen LogP) is -0.260. The van der Waals surface area contributed by atoms with Gasteiger partial charge in [-0.3, -0.25) is 10.2 Å². The molecule has 0 unspecified atom stereocenters. The van der Waals surface area contributed by atoms with Gasteiger partial charge in [-0.1, -0.05) is 0 Å². The van der Waals surface area contributed by atoms with Gasteiger partial charge >= 0.3 is 5.97 Å². The molecule has 0 spiro atoms. The monoisotopic (exact) mass is 203 g/mol. The van der Waals surface area contributed by atoms with Crippen LogP contribution in [0.4, 0.5) is 0 Å². The second-order valence-electron chi connectivity index (χ2n) is 1.64. The lowest BCUT2D eigenvalue weighted by atomic mass is 10.6. The number of halogens is 2. The molecule has 0 rings (SSSR count). The van der Waals surface area contributed by atoms with E-state index in [0.717, 1.165) is 4.90 Å². The molecule has 0 saturated carbocycles. The molecule has 0 aromatic rings. The Morgan fingerprint density at radius 1 is 1.64 bits per heavy atom. The fourth-order valence-electron chi connectivity index (χ4n) is 0.288. The van der Waals surface area contributed by atoms with Gasteiger partial charge in [0.2, 0.25) is 0 Å². The molecule has 0 atom stereocenters. The van der Waals surface area contributed by atoms with E-state index in [1.807, 2.05) is 0 Å². The van der Waals surface area contributed by atoms with E-state index < -0.39 is 5.97 Å². The maximum absolute atomic E-state index is 9.92. The van der Waals surface area contributed by atoms with Crippen LogP contribution >= 0.6 is 24.8 Å².